The number of carbonyl (C=O) groups excluding carboxylic acids is 1. The number of rotatable bonds is 3. The molecule has 118 valence electrons. The van der Waals surface area contributed by atoms with Crippen molar-refractivity contribution in [1.82, 2.24) is 4.90 Å². The summed E-state index contributed by atoms with van der Waals surface area (Å²) in [5.74, 6) is 0.104. The highest BCUT2D eigenvalue weighted by Gasteiger charge is 2.48. The Bertz CT molecular complexity index is 701. The number of sulfone groups is 1. The molecule has 7 heteroatoms. The van der Waals surface area contributed by atoms with Crippen molar-refractivity contribution in [1.29, 1.82) is 0 Å². The van der Waals surface area contributed by atoms with E-state index in [0.717, 1.165) is 6.42 Å². The number of fused-ring (bicyclic) bond motifs is 1. The molecule has 0 aromatic heterocycles. The lowest BCUT2D eigenvalue weighted by Crippen LogP contribution is -2.39. The van der Waals surface area contributed by atoms with E-state index >= 15 is 0 Å². The standard InChI is InChI=1S/C15H18N2O3S2/c1-11(18)16-15-17(8-7-12-5-3-2-4-6-12)13-9-22(19,20)10-14(13)21-15/h2-6,13-14H,7-10H2,1H3/t13-,14+/m1/s1. The van der Waals surface area contributed by atoms with E-state index in [9.17, 15) is 13.2 Å². The molecule has 2 heterocycles. The van der Waals surface area contributed by atoms with Gasteiger partial charge in [0.15, 0.2) is 15.0 Å². The van der Waals surface area contributed by atoms with Crippen LogP contribution >= 0.6 is 11.8 Å². The molecule has 22 heavy (non-hydrogen) atoms. The van der Waals surface area contributed by atoms with E-state index < -0.39 is 9.84 Å². The highest BCUT2D eigenvalue weighted by atomic mass is 32.2. The monoisotopic (exact) mass is 338 g/mol. The van der Waals surface area contributed by atoms with Gasteiger partial charge in [0.1, 0.15) is 0 Å². The second-order valence-corrected chi connectivity index (χ2v) is 9.00. The zero-order chi connectivity index (χ0) is 15.7. The van der Waals surface area contributed by atoms with Gasteiger partial charge >= 0.3 is 0 Å². The van der Waals surface area contributed by atoms with Crippen LogP contribution in [0.1, 0.15) is 12.5 Å². The van der Waals surface area contributed by atoms with Gasteiger partial charge in [0.2, 0.25) is 5.91 Å². The first kappa shape index (κ1) is 15.6. The summed E-state index contributed by atoms with van der Waals surface area (Å²) in [5, 5.41) is 0.673. The van der Waals surface area contributed by atoms with Crippen LogP contribution in [0.2, 0.25) is 0 Å². The van der Waals surface area contributed by atoms with Crippen LogP contribution in [0.5, 0.6) is 0 Å². The summed E-state index contributed by atoms with van der Waals surface area (Å²) in [4.78, 5) is 17.4. The fourth-order valence-corrected chi connectivity index (χ4v) is 6.95. The number of carbonyl (C=O) groups is 1. The summed E-state index contributed by atoms with van der Waals surface area (Å²) in [6.45, 7) is 2.10. The smallest absolute Gasteiger partial charge is 0.244 e. The van der Waals surface area contributed by atoms with E-state index in [1.807, 2.05) is 35.2 Å². The second kappa shape index (κ2) is 6.04. The predicted molar refractivity (Wildman–Crippen MR) is 88.8 cm³/mol. The van der Waals surface area contributed by atoms with Gasteiger partial charge in [-0.3, -0.25) is 4.79 Å². The van der Waals surface area contributed by atoms with E-state index in [0.29, 0.717) is 11.7 Å². The molecule has 2 fully saturated rings. The lowest BCUT2D eigenvalue weighted by molar-refractivity contribution is -0.115. The molecule has 0 radical (unpaired) electrons. The number of nitrogens with zero attached hydrogens (tertiary/aromatic N) is 2. The maximum Gasteiger partial charge on any atom is 0.244 e. The third-order valence-electron chi connectivity index (χ3n) is 3.91. The minimum absolute atomic E-state index is 0.00104. The number of hydrogen-bond donors (Lipinski definition) is 0. The molecule has 0 spiro atoms. The van der Waals surface area contributed by atoms with Gasteiger partial charge in [0.05, 0.1) is 17.5 Å². The van der Waals surface area contributed by atoms with Crippen molar-refractivity contribution in [3.05, 3.63) is 35.9 Å². The van der Waals surface area contributed by atoms with Crippen LogP contribution in [-0.2, 0) is 21.1 Å². The summed E-state index contributed by atoms with van der Waals surface area (Å²) in [7, 11) is -2.98. The zero-order valence-electron chi connectivity index (χ0n) is 12.3. The van der Waals surface area contributed by atoms with Crippen LogP contribution in [0, 0.1) is 0 Å². The van der Waals surface area contributed by atoms with Gasteiger partial charge in [0, 0.05) is 18.7 Å². The normalized spacial score (nSPS) is 28.0. The van der Waals surface area contributed by atoms with E-state index in [1.165, 1.54) is 24.2 Å². The minimum atomic E-state index is -2.98. The SMILES string of the molecule is CC(=O)N=C1S[C@H]2CS(=O)(=O)C[C@H]2N1CCc1ccccc1. The molecular weight excluding hydrogens is 320 g/mol. The number of benzene rings is 1. The Morgan fingerprint density at radius 2 is 2.05 bits per heavy atom. The number of thioether (sulfide) groups is 1. The molecule has 0 saturated carbocycles. The summed E-state index contributed by atoms with van der Waals surface area (Å²) < 4.78 is 23.7. The van der Waals surface area contributed by atoms with Crippen LogP contribution in [0.15, 0.2) is 35.3 Å². The Hall–Kier alpha value is -1.34. The topological polar surface area (TPSA) is 66.8 Å². The maximum absolute atomic E-state index is 11.8. The minimum Gasteiger partial charge on any atom is -0.346 e. The molecule has 1 amide bonds. The van der Waals surface area contributed by atoms with Crippen molar-refractivity contribution < 1.29 is 13.2 Å². The van der Waals surface area contributed by atoms with E-state index in [-0.39, 0.29) is 28.7 Å². The molecule has 2 aliphatic rings. The Kier molecular flexibility index (Phi) is 4.27. The zero-order valence-corrected chi connectivity index (χ0v) is 13.9. The fourth-order valence-electron chi connectivity index (χ4n) is 2.93. The van der Waals surface area contributed by atoms with Crippen LogP contribution in [0.25, 0.3) is 0 Å². The molecule has 2 saturated heterocycles. The summed E-state index contributed by atoms with van der Waals surface area (Å²) in [6.07, 6.45) is 0.807. The van der Waals surface area contributed by atoms with Gasteiger partial charge in [-0.25, -0.2) is 8.42 Å². The van der Waals surface area contributed by atoms with E-state index in [1.54, 1.807) is 0 Å². The molecule has 0 N–H and O–H groups in total. The first-order valence-electron chi connectivity index (χ1n) is 7.21. The van der Waals surface area contributed by atoms with Gasteiger partial charge in [-0.15, -0.1) is 0 Å². The maximum atomic E-state index is 11.8. The lowest BCUT2D eigenvalue weighted by Gasteiger charge is -2.24. The number of aliphatic imine (C=N–C) groups is 1. The van der Waals surface area contributed by atoms with Crippen molar-refractivity contribution >= 4 is 32.7 Å². The first-order chi connectivity index (χ1) is 10.4. The van der Waals surface area contributed by atoms with E-state index in [2.05, 4.69) is 4.99 Å². The molecule has 5 nitrogen and oxygen atoms in total. The van der Waals surface area contributed by atoms with Gasteiger partial charge in [-0.2, -0.15) is 4.99 Å². The Labute approximate surface area is 134 Å². The van der Waals surface area contributed by atoms with Crippen LogP contribution in [0.3, 0.4) is 0 Å². The summed E-state index contributed by atoms with van der Waals surface area (Å²) >= 11 is 1.43. The van der Waals surface area contributed by atoms with Crippen LogP contribution in [0.4, 0.5) is 0 Å². The second-order valence-electron chi connectivity index (χ2n) is 5.64. The van der Waals surface area contributed by atoms with Gasteiger partial charge in [-0.05, 0) is 12.0 Å². The van der Waals surface area contributed by atoms with Gasteiger partial charge < -0.3 is 4.90 Å². The molecule has 0 unspecified atom stereocenters. The number of amidine groups is 1. The quantitative estimate of drug-likeness (QED) is 0.832. The van der Waals surface area contributed by atoms with Crippen LogP contribution < -0.4 is 0 Å². The molecule has 2 atom stereocenters. The van der Waals surface area contributed by atoms with Crippen molar-refractivity contribution in [2.75, 3.05) is 18.1 Å². The summed E-state index contributed by atoms with van der Waals surface area (Å²) in [5.41, 5.74) is 1.19. The molecule has 0 aliphatic carbocycles. The molecule has 1 aromatic rings. The average molecular weight is 338 g/mol. The predicted octanol–water partition coefficient (Wildman–Crippen LogP) is 1.35. The van der Waals surface area contributed by atoms with Gasteiger partial charge in [-0.1, -0.05) is 42.1 Å². The highest BCUT2D eigenvalue weighted by Crippen LogP contribution is 2.38. The average Bonchev–Trinajstić information content (AvgIpc) is 2.88. The third kappa shape index (κ3) is 3.35. The Morgan fingerprint density at radius 1 is 1.32 bits per heavy atom. The highest BCUT2D eigenvalue weighted by molar-refractivity contribution is 8.15. The Balaban J connectivity index is 1.79. The van der Waals surface area contributed by atoms with E-state index in [4.69, 9.17) is 0 Å². The molecule has 2 aliphatic heterocycles. The summed E-state index contributed by atoms with van der Waals surface area (Å²) in [6, 6.07) is 9.99. The van der Waals surface area contributed by atoms with Crippen molar-refractivity contribution in [3.8, 4) is 0 Å². The number of amides is 1. The Morgan fingerprint density at radius 3 is 2.73 bits per heavy atom. The molecular formula is C15H18N2O3S2. The van der Waals surface area contributed by atoms with Crippen molar-refractivity contribution in [3.63, 3.8) is 0 Å². The third-order valence-corrected chi connectivity index (χ3v) is 7.16. The van der Waals surface area contributed by atoms with Crippen molar-refractivity contribution in [2.24, 2.45) is 4.99 Å². The fraction of sp³-hybridized carbons (Fsp3) is 0.467. The largest absolute Gasteiger partial charge is 0.346 e. The number of hydrogen-bond acceptors (Lipinski definition) is 4. The lowest BCUT2D eigenvalue weighted by atomic mass is 10.1. The van der Waals surface area contributed by atoms with Crippen molar-refractivity contribution in [2.45, 2.75) is 24.6 Å². The van der Waals surface area contributed by atoms with Crippen LogP contribution in [-0.4, -0.2) is 53.7 Å². The molecule has 3 rings (SSSR count). The molecule has 0 bridgehead atoms. The van der Waals surface area contributed by atoms with Gasteiger partial charge in [0.25, 0.3) is 0 Å². The first-order valence-corrected chi connectivity index (χ1v) is 9.91. The molecule has 1 aromatic carbocycles.